The molecule has 3 rings (SSSR count). The van der Waals surface area contributed by atoms with Gasteiger partial charge >= 0.3 is 5.97 Å². The Morgan fingerprint density at radius 1 is 1.03 bits per heavy atom. The molecule has 1 unspecified atom stereocenters. The van der Waals surface area contributed by atoms with Crippen LogP contribution < -0.4 is 10.0 Å². The number of aromatic carboxylic acids is 1. The van der Waals surface area contributed by atoms with E-state index >= 15 is 0 Å². The van der Waals surface area contributed by atoms with Gasteiger partial charge in [0.1, 0.15) is 4.90 Å². The SMILES string of the molecule is CCN(CC)C(C)C(=O)Nc1ccccc1S(=O)(=O)Nc1ccc2c(c1C(=O)O)CCCC2. The lowest BCUT2D eigenvalue weighted by atomic mass is 9.87. The lowest BCUT2D eigenvalue weighted by molar-refractivity contribution is -0.120. The van der Waals surface area contributed by atoms with Gasteiger partial charge in [-0.2, -0.15) is 0 Å². The fourth-order valence-corrected chi connectivity index (χ4v) is 5.57. The van der Waals surface area contributed by atoms with E-state index in [2.05, 4.69) is 10.0 Å². The van der Waals surface area contributed by atoms with Crippen LogP contribution in [0.25, 0.3) is 0 Å². The number of hydrogen-bond acceptors (Lipinski definition) is 5. The number of aryl methyl sites for hydroxylation is 1. The van der Waals surface area contributed by atoms with Gasteiger partial charge in [-0.15, -0.1) is 0 Å². The third-order valence-corrected chi connectivity index (χ3v) is 7.59. The summed E-state index contributed by atoms with van der Waals surface area (Å²) in [6.45, 7) is 7.04. The number of hydrogen-bond donors (Lipinski definition) is 3. The van der Waals surface area contributed by atoms with E-state index in [1.165, 1.54) is 18.2 Å². The van der Waals surface area contributed by atoms with Crippen molar-refractivity contribution in [3.05, 3.63) is 53.1 Å². The first kappa shape index (κ1) is 24.7. The van der Waals surface area contributed by atoms with E-state index in [0.717, 1.165) is 24.8 Å². The van der Waals surface area contributed by atoms with Crippen LogP contribution in [0.2, 0.25) is 0 Å². The lowest BCUT2D eigenvalue weighted by Crippen LogP contribution is -2.42. The van der Waals surface area contributed by atoms with Crippen LogP contribution in [0.5, 0.6) is 0 Å². The molecule has 1 aliphatic carbocycles. The minimum Gasteiger partial charge on any atom is -0.478 e. The van der Waals surface area contributed by atoms with Crippen LogP contribution in [0.4, 0.5) is 11.4 Å². The van der Waals surface area contributed by atoms with Crippen molar-refractivity contribution in [1.29, 1.82) is 0 Å². The quantitative estimate of drug-likeness (QED) is 0.511. The molecule has 2 aromatic rings. The van der Waals surface area contributed by atoms with E-state index in [-0.39, 0.29) is 27.7 Å². The number of sulfonamides is 1. The molecule has 0 fully saturated rings. The number of amides is 1. The van der Waals surface area contributed by atoms with Crippen LogP contribution in [0, 0.1) is 0 Å². The Hall–Kier alpha value is -2.91. The summed E-state index contributed by atoms with van der Waals surface area (Å²) in [5, 5.41) is 12.5. The molecule has 178 valence electrons. The van der Waals surface area contributed by atoms with Gasteiger partial charge < -0.3 is 10.4 Å². The smallest absolute Gasteiger partial charge is 0.338 e. The van der Waals surface area contributed by atoms with Crippen molar-refractivity contribution < 1.29 is 23.1 Å². The molecular weight excluding hydrogens is 442 g/mol. The molecule has 0 radical (unpaired) electrons. The second-order valence-corrected chi connectivity index (χ2v) is 9.78. The summed E-state index contributed by atoms with van der Waals surface area (Å²) < 4.78 is 29.0. The Morgan fingerprint density at radius 2 is 1.70 bits per heavy atom. The zero-order chi connectivity index (χ0) is 24.2. The molecular formula is C24H31N3O5S. The van der Waals surface area contributed by atoms with E-state index in [0.29, 0.717) is 25.1 Å². The summed E-state index contributed by atoms with van der Waals surface area (Å²) in [5.41, 5.74) is 1.79. The third kappa shape index (κ3) is 5.36. The first-order valence-corrected chi connectivity index (χ1v) is 12.7. The molecule has 0 saturated heterocycles. The van der Waals surface area contributed by atoms with Gasteiger partial charge in [0.05, 0.1) is 23.0 Å². The number of carboxylic acid groups (broad SMARTS) is 1. The van der Waals surface area contributed by atoms with Crippen LogP contribution in [0.1, 0.15) is 55.1 Å². The average Bonchev–Trinajstić information content (AvgIpc) is 2.79. The second kappa shape index (κ2) is 10.4. The van der Waals surface area contributed by atoms with E-state index in [4.69, 9.17) is 0 Å². The maximum Gasteiger partial charge on any atom is 0.338 e. The van der Waals surface area contributed by atoms with Gasteiger partial charge in [0.15, 0.2) is 0 Å². The third-order valence-electron chi connectivity index (χ3n) is 6.16. The summed E-state index contributed by atoms with van der Waals surface area (Å²) in [6, 6.07) is 8.96. The highest BCUT2D eigenvalue weighted by molar-refractivity contribution is 7.92. The Balaban J connectivity index is 1.94. The summed E-state index contributed by atoms with van der Waals surface area (Å²) in [7, 11) is -4.17. The summed E-state index contributed by atoms with van der Waals surface area (Å²) in [5.74, 6) is -1.48. The number of rotatable bonds is 9. The zero-order valence-corrected chi connectivity index (χ0v) is 20.0. The first-order chi connectivity index (χ1) is 15.7. The van der Waals surface area contributed by atoms with Gasteiger partial charge in [0, 0.05) is 0 Å². The molecule has 0 heterocycles. The van der Waals surface area contributed by atoms with Gasteiger partial charge in [0.2, 0.25) is 5.91 Å². The Morgan fingerprint density at radius 3 is 2.36 bits per heavy atom. The normalized spacial score (nSPS) is 14.4. The van der Waals surface area contributed by atoms with Crippen LogP contribution >= 0.6 is 0 Å². The molecule has 1 atom stereocenters. The first-order valence-electron chi connectivity index (χ1n) is 11.2. The largest absolute Gasteiger partial charge is 0.478 e. The van der Waals surface area contributed by atoms with Crippen molar-refractivity contribution in [2.75, 3.05) is 23.1 Å². The number of carbonyl (C=O) groups excluding carboxylic acids is 1. The molecule has 8 nitrogen and oxygen atoms in total. The van der Waals surface area contributed by atoms with E-state index < -0.39 is 22.0 Å². The Kier molecular flexibility index (Phi) is 7.76. The predicted molar refractivity (Wildman–Crippen MR) is 128 cm³/mol. The number of nitrogens with one attached hydrogen (secondary N) is 2. The number of nitrogens with zero attached hydrogens (tertiary/aromatic N) is 1. The molecule has 9 heteroatoms. The van der Waals surface area contributed by atoms with Crippen molar-refractivity contribution in [2.24, 2.45) is 0 Å². The molecule has 2 aromatic carbocycles. The van der Waals surface area contributed by atoms with Crippen molar-refractivity contribution in [3.63, 3.8) is 0 Å². The van der Waals surface area contributed by atoms with E-state index in [9.17, 15) is 23.1 Å². The number of para-hydroxylation sites is 1. The highest BCUT2D eigenvalue weighted by Crippen LogP contribution is 2.32. The number of likely N-dealkylation sites (N-methyl/N-ethyl adjacent to an activating group) is 1. The molecule has 0 saturated carbocycles. The van der Waals surface area contributed by atoms with Gasteiger partial charge in [-0.3, -0.25) is 14.4 Å². The number of benzene rings is 2. The monoisotopic (exact) mass is 473 g/mol. The molecule has 3 N–H and O–H groups in total. The highest BCUT2D eigenvalue weighted by atomic mass is 32.2. The molecule has 0 aliphatic heterocycles. The van der Waals surface area contributed by atoms with E-state index in [1.807, 2.05) is 18.7 Å². The standard InChI is InChI=1S/C24H31N3O5S/c1-4-27(5-2)16(3)23(28)25-19-12-8-9-13-21(19)33(31,32)26-20-15-14-17-10-6-7-11-18(17)22(20)24(29)30/h8-9,12-16,26H,4-7,10-11H2,1-3H3,(H,25,28)(H,29,30). The van der Waals surface area contributed by atoms with Gasteiger partial charge in [-0.25, -0.2) is 13.2 Å². The highest BCUT2D eigenvalue weighted by Gasteiger charge is 2.27. The van der Waals surface area contributed by atoms with Gasteiger partial charge in [-0.05, 0) is 75.0 Å². The number of fused-ring (bicyclic) bond motifs is 1. The van der Waals surface area contributed by atoms with Gasteiger partial charge in [-0.1, -0.05) is 32.0 Å². The molecule has 0 aromatic heterocycles. The number of anilines is 2. The van der Waals surface area contributed by atoms with Crippen molar-refractivity contribution in [1.82, 2.24) is 4.90 Å². The Bertz CT molecular complexity index is 1140. The molecule has 33 heavy (non-hydrogen) atoms. The molecule has 1 aliphatic rings. The van der Waals surface area contributed by atoms with Gasteiger partial charge in [0.25, 0.3) is 10.0 Å². The predicted octanol–water partition coefficient (Wildman–Crippen LogP) is 3.73. The summed E-state index contributed by atoms with van der Waals surface area (Å²) in [4.78, 5) is 26.6. The fourth-order valence-electron chi connectivity index (χ4n) is 4.34. The number of carboxylic acids is 1. The van der Waals surface area contributed by atoms with Crippen LogP contribution in [-0.4, -0.2) is 49.4 Å². The zero-order valence-electron chi connectivity index (χ0n) is 19.2. The topological polar surface area (TPSA) is 116 Å². The van der Waals surface area contributed by atoms with Crippen molar-refractivity contribution >= 4 is 33.3 Å². The van der Waals surface area contributed by atoms with Crippen LogP contribution in [-0.2, 0) is 27.7 Å². The molecule has 1 amide bonds. The summed E-state index contributed by atoms with van der Waals surface area (Å²) in [6.07, 6.45) is 3.23. The van der Waals surface area contributed by atoms with E-state index in [1.54, 1.807) is 25.1 Å². The maximum atomic E-state index is 13.3. The minimum absolute atomic E-state index is 0.00699. The summed E-state index contributed by atoms with van der Waals surface area (Å²) >= 11 is 0. The maximum absolute atomic E-state index is 13.3. The van der Waals surface area contributed by atoms with Crippen molar-refractivity contribution in [2.45, 2.75) is 57.4 Å². The molecule has 0 spiro atoms. The fraction of sp³-hybridized carbons (Fsp3) is 0.417. The average molecular weight is 474 g/mol. The van der Waals surface area contributed by atoms with Crippen LogP contribution in [0.3, 0.4) is 0 Å². The lowest BCUT2D eigenvalue weighted by Gasteiger charge is -2.25. The van der Waals surface area contributed by atoms with Crippen molar-refractivity contribution in [3.8, 4) is 0 Å². The van der Waals surface area contributed by atoms with Crippen LogP contribution in [0.15, 0.2) is 41.3 Å². The second-order valence-electron chi connectivity index (χ2n) is 8.13. The Labute approximate surface area is 195 Å². The molecule has 0 bridgehead atoms. The number of carbonyl (C=O) groups is 2. The minimum atomic E-state index is -4.17.